The van der Waals surface area contributed by atoms with Crippen molar-refractivity contribution in [3.63, 3.8) is 0 Å². The average Bonchev–Trinajstić information content (AvgIpc) is 3.17. The highest BCUT2D eigenvalue weighted by atomic mass is 16.5. The lowest BCUT2D eigenvalue weighted by molar-refractivity contribution is -0.123. The second-order valence-electron chi connectivity index (χ2n) is 5.05. The maximum atomic E-state index is 11.5. The molecule has 1 aromatic carbocycles. The lowest BCUT2D eigenvalue weighted by Gasteiger charge is -2.15. The molecule has 0 bridgehead atoms. The number of methoxy groups -OCH3 is 1. The molecule has 0 atom stereocenters. The highest BCUT2D eigenvalue weighted by molar-refractivity contribution is 5.94. The first-order chi connectivity index (χ1) is 8.98. The van der Waals surface area contributed by atoms with Crippen LogP contribution >= 0.6 is 0 Å². The zero-order valence-electron chi connectivity index (χ0n) is 11.5. The Hall–Kier alpha value is -1.84. The lowest BCUT2D eigenvalue weighted by Crippen LogP contribution is -2.21. The van der Waals surface area contributed by atoms with Gasteiger partial charge in [-0.25, -0.2) is 0 Å². The molecule has 1 aromatic rings. The molecule has 1 fully saturated rings. The number of hydrogen-bond donors (Lipinski definition) is 0. The first kappa shape index (κ1) is 13.6. The summed E-state index contributed by atoms with van der Waals surface area (Å²) in [7, 11) is 1.53. The normalized spacial score (nSPS) is 15.7. The van der Waals surface area contributed by atoms with E-state index < -0.39 is 0 Å². The average molecular weight is 262 g/mol. The maximum Gasteiger partial charge on any atom is 0.161 e. The first-order valence-corrected chi connectivity index (χ1v) is 6.31. The third-order valence-electron chi connectivity index (χ3n) is 3.67. The van der Waals surface area contributed by atoms with Gasteiger partial charge in [-0.15, -0.1) is 0 Å². The Labute approximate surface area is 112 Å². The lowest BCUT2D eigenvalue weighted by atomic mass is 10.0. The fraction of sp³-hybridized carbons (Fsp3) is 0.467. The molecule has 0 spiro atoms. The number of carbonyl (C=O) groups is 2. The zero-order valence-corrected chi connectivity index (χ0v) is 11.5. The van der Waals surface area contributed by atoms with Crippen LogP contribution in [0.15, 0.2) is 18.2 Å². The van der Waals surface area contributed by atoms with Crippen LogP contribution in [0.5, 0.6) is 11.5 Å². The number of ether oxygens (including phenoxy) is 2. The van der Waals surface area contributed by atoms with Crippen molar-refractivity contribution in [2.45, 2.75) is 26.7 Å². The number of Topliss-reactive ketones (excluding diaryl/α,β-unsaturated/α-hetero) is 2. The Balaban J connectivity index is 2.12. The number of benzene rings is 1. The second kappa shape index (κ2) is 5.03. The molecule has 102 valence electrons. The highest BCUT2D eigenvalue weighted by Crippen LogP contribution is 2.47. The summed E-state index contributed by atoms with van der Waals surface area (Å²) in [5.41, 5.74) is 0.279. The van der Waals surface area contributed by atoms with Crippen LogP contribution in [0, 0.1) is 5.41 Å². The molecule has 1 aliphatic carbocycles. The van der Waals surface area contributed by atoms with Crippen molar-refractivity contribution in [3.8, 4) is 11.5 Å². The Kier molecular flexibility index (Phi) is 3.60. The van der Waals surface area contributed by atoms with Crippen LogP contribution in [0.3, 0.4) is 0 Å². The SMILES string of the molecule is COc1cc(C(C)=O)ccc1OCC1(C(C)=O)CC1. The number of carbonyl (C=O) groups excluding carboxylic acids is 2. The monoisotopic (exact) mass is 262 g/mol. The Bertz CT molecular complexity index is 515. The van der Waals surface area contributed by atoms with Crippen molar-refractivity contribution in [3.05, 3.63) is 23.8 Å². The van der Waals surface area contributed by atoms with Gasteiger partial charge in [-0.05, 0) is 44.9 Å². The van der Waals surface area contributed by atoms with Crippen LogP contribution in [0.4, 0.5) is 0 Å². The van der Waals surface area contributed by atoms with Crippen LogP contribution in [-0.4, -0.2) is 25.3 Å². The molecule has 0 amide bonds. The minimum atomic E-state index is -0.301. The van der Waals surface area contributed by atoms with Crippen LogP contribution in [0.1, 0.15) is 37.0 Å². The third-order valence-corrected chi connectivity index (χ3v) is 3.67. The number of rotatable bonds is 6. The molecule has 1 saturated carbocycles. The molecule has 2 rings (SSSR count). The molecule has 0 aromatic heterocycles. The number of hydrogen-bond acceptors (Lipinski definition) is 4. The van der Waals surface area contributed by atoms with E-state index in [1.807, 2.05) is 0 Å². The van der Waals surface area contributed by atoms with E-state index in [0.717, 1.165) is 12.8 Å². The van der Waals surface area contributed by atoms with Gasteiger partial charge in [-0.1, -0.05) is 0 Å². The maximum absolute atomic E-state index is 11.5. The van der Waals surface area contributed by atoms with E-state index >= 15 is 0 Å². The van der Waals surface area contributed by atoms with Gasteiger partial charge in [-0.2, -0.15) is 0 Å². The predicted octanol–water partition coefficient (Wildman–Crippen LogP) is 2.65. The Morgan fingerprint density at radius 1 is 1.21 bits per heavy atom. The van der Waals surface area contributed by atoms with E-state index in [4.69, 9.17) is 9.47 Å². The summed E-state index contributed by atoms with van der Waals surface area (Å²) in [5, 5.41) is 0. The summed E-state index contributed by atoms with van der Waals surface area (Å²) in [6.07, 6.45) is 1.77. The van der Waals surface area contributed by atoms with Gasteiger partial charge in [0.05, 0.1) is 12.5 Å². The molecule has 0 heterocycles. The number of ketones is 2. The van der Waals surface area contributed by atoms with Crippen LogP contribution < -0.4 is 9.47 Å². The van der Waals surface area contributed by atoms with Crippen LogP contribution in [-0.2, 0) is 4.79 Å². The Morgan fingerprint density at radius 3 is 2.37 bits per heavy atom. The van der Waals surface area contributed by atoms with Gasteiger partial charge in [-0.3, -0.25) is 9.59 Å². The van der Waals surface area contributed by atoms with E-state index in [-0.39, 0.29) is 17.0 Å². The molecular weight excluding hydrogens is 244 g/mol. The second-order valence-corrected chi connectivity index (χ2v) is 5.05. The molecular formula is C15H18O4. The summed E-state index contributed by atoms with van der Waals surface area (Å²) in [4.78, 5) is 22.8. The van der Waals surface area contributed by atoms with Gasteiger partial charge in [0, 0.05) is 5.56 Å². The van der Waals surface area contributed by atoms with E-state index in [1.165, 1.54) is 14.0 Å². The fourth-order valence-electron chi connectivity index (χ4n) is 1.97. The molecule has 1 aliphatic rings. The van der Waals surface area contributed by atoms with Gasteiger partial charge in [0.25, 0.3) is 0 Å². The Morgan fingerprint density at radius 2 is 1.89 bits per heavy atom. The fourth-order valence-corrected chi connectivity index (χ4v) is 1.97. The molecule has 0 unspecified atom stereocenters. The van der Waals surface area contributed by atoms with Gasteiger partial charge in [0.2, 0.25) is 0 Å². The third kappa shape index (κ3) is 2.78. The molecule has 0 radical (unpaired) electrons. The topological polar surface area (TPSA) is 52.6 Å². The van der Waals surface area contributed by atoms with E-state index in [0.29, 0.717) is 23.7 Å². The molecule has 4 nitrogen and oxygen atoms in total. The predicted molar refractivity (Wildman–Crippen MR) is 70.8 cm³/mol. The van der Waals surface area contributed by atoms with Crippen molar-refractivity contribution >= 4 is 11.6 Å². The standard InChI is InChI=1S/C15H18O4/c1-10(16)12-4-5-13(14(8-12)18-3)19-9-15(6-7-15)11(2)17/h4-5,8H,6-7,9H2,1-3H3. The van der Waals surface area contributed by atoms with E-state index in [1.54, 1.807) is 25.1 Å². The van der Waals surface area contributed by atoms with E-state index in [9.17, 15) is 9.59 Å². The van der Waals surface area contributed by atoms with Crippen molar-refractivity contribution < 1.29 is 19.1 Å². The molecule has 0 saturated heterocycles. The smallest absolute Gasteiger partial charge is 0.161 e. The summed E-state index contributed by atoms with van der Waals surface area (Å²) < 4.78 is 10.9. The quantitative estimate of drug-likeness (QED) is 0.739. The van der Waals surface area contributed by atoms with Gasteiger partial charge in [0.15, 0.2) is 17.3 Å². The largest absolute Gasteiger partial charge is 0.493 e. The summed E-state index contributed by atoms with van der Waals surface area (Å²) in [6, 6.07) is 5.07. The zero-order chi connectivity index (χ0) is 14.0. The van der Waals surface area contributed by atoms with Crippen molar-refractivity contribution in [2.24, 2.45) is 5.41 Å². The van der Waals surface area contributed by atoms with Gasteiger partial charge < -0.3 is 9.47 Å². The van der Waals surface area contributed by atoms with Crippen LogP contribution in [0.25, 0.3) is 0 Å². The highest BCUT2D eigenvalue weighted by Gasteiger charge is 2.48. The summed E-state index contributed by atoms with van der Waals surface area (Å²) in [6.45, 7) is 3.48. The molecule has 0 N–H and O–H groups in total. The molecule has 19 heavy (non-hydrogen) atoms. The van der Waals surface area contributed by atoms with Gasteiger partial charge in [0.1, 0.15) is 12.4 Å². The van der Waals surface area contributed by atoms with E-state index in [2.05, 4.69) is 0 Å². The van der Waals surface area contributed by atoms with Crippen molar-refractivity contribution in [1.82, 2.24) is 0 Å². The summed E-state index contributed by atoms with van der Waals surface area (Å²) >= 11 is 0. The molecule has 4 heteroatoms. The first-order valence-electron chi connectivity index (χ1n) is 6.31. The van der Waals surface area contributed by atoms with Crippen molar-refractivity contribution in [1.29, 1.82) is 0 Å². The van der Waals surface area contributed by atoms with Gasteiger partial charge >= 0.3 is 0 Å². The minimum absolute atomic E-state index is 0.0211. The summed E-state index contributed by atoms with van der Waals surface area (Å²) in [5.74, 6) is 1.24. The minimum Gasteiger partial charge on any atom is -0.493 e. The van der Waals surface area contributed by atoms with Crippen molar-refractivity contribution in [2.75, 3.05) is 13.7 Å². The molecule has 0 aliphatic heterocycles. The van der Waals surface area contributed by atoms with Crippen LogP contribution in [0.2, 0.25) is 0 Å².